The van der Waals surface area contributed by atoms with Gasteiger partial charge in [-0.1, -0.05) is 0 Å². The number of hydrogen-bond donors (Lipinski definition) is 2. The van der Waals surface area contributed by atoms with Crippen LogP contribution in [0.5, 0.6) is 5.75 Å². The molecule has 1 aromatic carbocycles. The standard InChI is InChI=1S/C14H20N2O4S/c1-9(2)16-21(18,19)13-8-10(4-7-12(13)20-3)14(17)15-11-5-6-11/h4,7-9,11,16H,5-6H2,1-3H3,(H,15,17). The van der Waals surface area contributed by atoms with E-state index in [1.165, 1.54) is 19.2 Å². The van der Waals surface area contributed by atoms with Crippen molar-refractivity contribution in [2.24, 2.45) is 0 Å². The fraction of sp³-hybridized carbons (Fsp3) is 0.500. The zero-order valence-electron chi connectivity index (χ0n) is 12.3. The Morgan fingerprint density at radius 1 is 1.33 bits per heavy atom. The summed E-state index contributed by atoms with van der Waals surface area (Å²) in [5.74, 6) is -0.0488. The topological polar surface area (TPSA) is 84.5 Å². The van der Waals surface area contributed by atoms with Crippen LogP contribution >= 0.6 is 0 Å². The van der Waals surface area contributed by atoms with Crippen LogP contribution in [0.1, 0.15) is 37.0 Å². The Bertz CT molecular complexity index is 636. The average Bonchev–Trinajstić information content (AvgIpc) is 3.20. The lowest BCUT2D eigenvalue weighted by atomic mass is 10.2. The fourth-order valence-corrected chi connectivity index (χ4v) is 3.34. The Hall–Kier alpha value is -1.60. The lowest BCUT2D eigenvalue weighted by Gasteiger charge is -2.14. The van der Waals surface area contributed by atoms with E-state index in [-0.39, 0.29) is 28.6 Å². The van der Waals surface area contributed by atoms with E-state index in [2.05, 4.69) is 10.0 Å². The molecule has 6 nitrogen and oxygen atoms in total. The molecule has 0 aromatic heterocycles. The number of benzene rings is 1. The first-order valence-electron chi connectivity index (χ1n) is 6.84. The highest BCUT2D eigenvalue weighted by molar-refractivity contribution is 7.89. The molecule has 21 heavy (non-hydrogen) atoms. The van der Waals surface area contributed by atoms with Crippen molar-refractivity contribution in [3.8, 4) is 5.75 Å². The summed E-state index contributed by atoms with van der Waals surface area (Å²) < 4.78 is 32.2. The predicted molar refractivity (Wildman–Crippen MR) is 78.9 cm³/mol. The summed E-state index contributed by atoms with van der Waals surface area (Å²) >= 11 is 0. The zero-order valence-corrected chi connectivity index (χ0v) is 13.2. The summed E-state index contributed by atoms with van der Waals surface area (Å²) in [6.07, 6.45) is 1.95. The first kappa shape index (κ1) is 15.8. The molecule has 1 aromatic rings. The van der Waals surface area contributed by atoms with Gasteiger partial charge in [0.1, 0.15) is 10.6 Å². The SMILES string of the molecule is COc1ccc(C(=O)NC2CC2)cc1S(=O)(=O)NC(C)C. The molecule has 0 atom stereocenters. The normalized spacial score (nSPS) is 15.0. The average molecular weight is 312 g/mol. The molecule has 0 aliphatic heterocycles. The lowest BCUT2D eigenvalue weighted by Crippen LogP contribution is -2.31. The minimum absolute atomic E-state index is 0.0258. The van der Waals surface area contributed by atoms with Crippen LogP contribution in [-0.2, 0) is 10.0 Å². The van der Waals surface area contributed by atoms with E-state index in [4.69, 9.17) is 4.74 Å². The molecule has 1 saturated carbocycles. The molecule has 7 heteroatoms. The van der Waals surface area contributed by atoms with Gasteiger partial charge in [0.05, 0.1) is 7.11 Å². The molecule has 1 amide bonds. The van der Waals surface area contributed by atoms with Gasteiger partial charge in [-0.15, -0.1) is 0 Å². The molecular weight excluding hydrogens is 292 g/mol. The highest BCUT2D eigenvalue weighted by Crippen LogP contribution is 2.26. The first-order chi connectivity index (χ1) is 9.83. The Kier molecular flexibility index (Phi) is 4.53. The zero-order chi connectivity index (χ0) is 15.6. The quantitative estimate of drug-likeness (QED) is 0.828. The third kappa shape index (κ3) is 3.95. The van der Waals surface area contributed by atoms with Crippen LogP contribution in [-0.4, -0.2) is 33.5 Å². The third-order valence-electron chi connectivity index (χ3n) is 3.02. The molecule has 1 aliphatic rings. The highest BCUT2D eigenvalue weighted by atomic mass is 32.2. The molecule has 0 unspecified atom stereocenters. The van der Waals surface area contributed by atoms with Gasteiger partial charge in [-0.2, -0.15) is 0 Å². The largest absolute Gasteiger partial charge is 0.495 e. The molecule has 0 radical (unpaired) electrons. The number of ether oxygens (including phenoxy) is 1. The van der Waals surface area contributed by atoms with Gasteiger partial charge >= 0.3 is 0 Å². The first-order valence-corrected chi connectivity index (χ1v) is 8.33. The van der Waals surface area contributed by atoms with Crippen LogP contribution in [0.2, 0.25) is 0 Å². The van der Waals surface area contributed by atoms with Gasteiger partial charge < -0.3 is 10.1 Å². The number of methoxy groups -OCH3 is 1. The van der Waals surface area contributed by atoms with Crippen LogP contribution in [0.25, 0.3) is 0 Å². The lowest BCUT2D eigenvalue weighted by molar-refractivity contribution is 0.0951. The summed E-state index contributed by atoms with van der Waals surface area (Å²) in [5, 5.41) is 2.83. The monoisotopic (exact) mass is 312 g/mol. The second kappa shape index (κ2) is 6.03. The summed E-state index contributed by atoms with van der Waals surface area (Å²) in [4.78, 5) is 12.0. The number of nitrogens with one attached hydrogen (secondary N) is 2. The van der Waals surface area contributed by atoms with Crippen LogP contribution in [0.4, 0.5) is 0 Å². The van der Waals surface area contributed by atoms with Gasteiger partial charge in [0.2, 0.25) is 10.0 Å². The van der Waals surface area contributed by atoms with Gasteiger partial charge in [0.15, 0.2) is 0 Å². The molecule has 0 heterocycles. The molecule has 0 bridgehead atoms. The van der Waals surface area contributed by atoms with Gasteiger partial charge in [-0.25, -0.2) is 13.1 Å². The van der Waals surface area contributed by atoms with Gasteiger partial charge in [0.25, 0.3) is 5.91 Å². The molecule has 1 aliphatic carbocycles. The maximum absolute atomic E-state index is 12.3. The summed E-state index contributed by atoms with van der Waals surface area (Å²) in [7, 11) is -2.33. The Labute approximate surface area is 124 Å². The van der Waals surface area contributed by atoms with Crippen molar-refractivity contribution >= 4 is 15.9 Å². The second-order valence-electron chi connectivity index (χ2n) is 5.39. The van der Waals surface area contributed by atoms with E-state index in [1.54, 1.807) is 19.9 Å². The maximum atomic E-state index is 12.3. The number of sulfonamides is 1. The van der Waals surface area contributed by atoms with Crippen LogP contribution in [0, 0.1) is 0 Å². The van der Waals surface area contributed by atoms with Crippen LogP contribution in [0.15, 0.2) is 23.1 Å². The Morgan fingerprint density at radius 3 is 2.52 bits per heavy atom. The summed E-state index contributed by atoms with van der Waals surface area (Å²) in [5.41, 5.74) is 0.312. The molecule has 1 fully saturated rings. The molecule has 2 rings (SSSR count). The van der Waals surface area contributed by atoms with Crippen LogP contribution in [0.3, 0.4) is 0 Å². The van der Waals surface area contributed by atoms with Gasteiger partial charge in [-0.3, -0.25) is 4.79 Å². The molecular formula is C14H20N2O4S. The minimum Gasteiger partial charge on any atom is -0.495 e. The molecule has 2 N–H and O–H groups in total. The number of rotatable bonds is 6. The van der Waals surface area contributed by atoms with Gasteiger partial charge in [0, 0.05) is 17.6 Å². The van der Waals surface area contributed by atoms with Crippen molar-refractivity contribution in [1.29, 1.82) is 0 Å². The molecule has 0 spiro atoms. The highest BCUT2D eigenvalue weighted by Gasteiger charge is 2.26. The van der Waals surface area contributed by atoms with Crippen molar-refractivity contribution in [3.05, 3.63) is 23.8 Å². The van der Waals surface area contributed by atoms with E-state index >= 15 is 0 Å². The third-order valence-corrected chi connectivity index (χ3v) is 4.70. The van der Waals surface area contributed by atoms with E-state index in [1.807, 2.05) is 0 Å². The van der Waals surface area contributed by atoms with E-state index in [0.29, 0.717) is 5.56 Å². The molecule has 0 saturated heterocycles. The van der Waals surface area contributed by atoms with Crippen molar-refractivity contribution in [3.63, 3.8) is 0 Å². The van der Waals surface area contributed by atoms with Crippen molar-refractivity contribution in [1.82, 2.24) is 10.0 Å². The maximum Gasteiger partial charge on any atom is 0.251 e. The summed E-state index contributed by atoms with van der Waals surface area (Å²) in [6, 6.07) is 4.38. The van der Waals surface area contributed by atoms with Crippen molar-refractivity contribution in [2.75, 3.05) is 7.11 Å². The van der Waals surface area contributed by atoms with Crippen LogP contribution < -0.4 is 14.8 Å². The molecule has 116 valence electrons. The van der Waals surface area contributed by atoms with Gasteiger partial charge in [-0.05, 0) is 44.9 Å². The number of carbonyl (C=O) groups excluding carboxylic acids is 1. The minimum atomic E-state index is -3.73. The Morgan fingerprint density at radius 2 is 2.00 bits per heavy atom. The summed E-state index contributed by atoms with van der Waals surface area (Å²) in [6.45, 7) is 3.46. The Balaban J connectivity index is 2.35. The number of carbonyl (C=O) groups is 1. The van der Waals surface area contributed by atoms with Crippen molar-refractivity contribution < 1.29 is 17.9 Å². The fourth-order valence-electron chi connectivity index (χ4n) is 1.90. The van der Waals surface area contributed by atoms with E-state index in [0.717, 1.165) is 12.8 Å². The van der Waals surface area contributed by atoms with E-state index < -0.39 is 10.0 Å². The number of amides is 1. The predicted octanol–water partition coefficient (Wildman–Crippen LogP) is 1.27. The number of hydrogen-bond acceptors (Lipinski definition) is 4. The van der Waals surface area contributed by atoms with E-state index in [9.17, 15) is 13.2 Å². The van der Waals surface area contributed by atoms with Crippen molar-refractivity contribution in [2.45, 2.75) is 43.7 Å². The second-order valence-corrected chi connectivity index (χ2v) is 7.07. The smallest absolute Gasteiger partial charge is 0.251 e.